The van der Waals surface area contributed by atoms with Crippen molar-refractivity contribution in [3.63, 3.8) is 0 Å². The van der Waals surface area contributed by atoms with Crippen LogP contribution in [0.5, 0.6) is 17.2 Å². The monoisotopic (exact) mass is 661 g/mol. The Morgan fingerprint density at radius 1 is 0.938 bits per heavy atom. The zero-order valence-electron chi connectivity index (χ0n) is 28.5. The molecule has 0 aromatic heterocycles. The molecule has 13 nitrogen and oxygen atoms in total. The molecule has 0 radical (unpaired) electrons. The fraction of sp³-hybridized carbons (Fsp3) is 0.486. The predicted octanol–water partition coefficient (Wildman–Crippen LogP) is 2.98. The van der Waals surface area contributed by atoms with Crippen molar-refractivity contribution >= 4 is 29.5 Å². The molecule has 13 heteroatoms. The highest BCUT2D eigenvalue weighted by Crippen LogP contribution is 2.55. The van der Waals surface area contributed by atoms with E-state index in [1.807, 2.05) is 16.8 Å². The number of nitrogens with zero attached hydrogens (tertiary/aromatic N) is 3. The number of rotatable bonds is 7. The van der Waals surface area contributed by atoms with E-state index < -0.39 is 53.9 Å². The van der Waals surface area contributed by atoms with Gasteiger partial charge in [-0.15, -0.1) is 0 Å². The first-order valence-electron chi connectivity index (χ1n) is 15.6. The molecular formula is C35H39N3O10. The number of ketones is 2. The van der Waals surface area contributed by atoms with Crippen LogP contribution in [0, 0.1) is 18.3 Å². The first-order chi connectivity index (χ1) is 22.7. The summed E-state index contributed by atoms with van der Waals surface area (Å²) in [4.78, 5) is 69.7. The molecule has 1 aromatic rings. The summed E-state index contributed by atoms with van der Waals surface area (Å²) in [5.41, 5.74) is 2.36. The third kappa shape index (κ3) is 5.29. The van der Waals surface area contributed by atoms with Gasteiger partial charge in [-0.1, -0.05) is 6.08 Å². The molecule has 1 saturated heterocycles. The van der Waals surface area contributed by atoms with Gasteiger partial charge in [0.15, 0.2) is 23.0 Å². The largest absolute Gasteiger partial charge is 0.492 e. The number of methoxy groups -OCH3 is 2. The lowest BCUT2D eigenvalue weighted by atomic mass is 9.69. The maximum atomic E-state index is 14.1. The second-order valence-corrected chi connectivity index (χ2v) is 12.4. The van der Waals surface area contributed by atoms with Crippen molar-refractivity contribution in [3.8, 4) is 23.3 Å². The van der Waals surface area contributed by atoms with Crippen LogP contribution in [0.4, 0.5) is 0 Å². The van der Waals surface area contributed by atoms with E-state index in [1.165, 1.54) is 28.1 Å². The summed E-state index contributed by atoms with van der Waals surface area (Å²) in [6.45, 7) is 8.71. The Balaban J connectivity index is 1.83. The van der Waals surface area contributed by atoms with Gasteiger partial charge in [-0.3, -0.25) is 29.0 Å². The van der Waals surface area contributed by atoms with Crippen molar-refractivity contribution in [1.29, 1.82) is 5.26 Å². The molecule has 3 aliphatic heterocycles. The summed E-state index contributed by atoms with van der Waals surface area (Å²) in [7, 11) is 4.54. The minimum absolute atomic E-state index is 0.0404. The Bertz CT molecular complexity index is 1780. The molecule has 0 spiro atoms. The van der Waals surface area contributed by atoms with E-state index in [2.05, 4.69) is 6.07 Å². The number of carbonyl (C=O) groups is 5. The normalized spacial score (nSPS) is 25.4. The number of ether oxygens (including phenoxy) is 5. The van der Waals surface area contributed by atoms with Crippen molar-refractivity contribution < 1.29 is 47.7 Å². The Morgan fingerprint density at radius 2 is 1.58 bits per heavy atom. The highest BCUT2D eigenvalue weighted by molar-refractivity contribution is 6.25. The maximum absolute atomic E-state index is 14.1. The topological polar surface area (TPSA) is 162 Å². The molecule has 5 rings (SSSR count). The molecule has 4 aliphatic rings. The van der Waals surface area contributed by atoms with E-state index in [4.69, 9.17) is 23.7 Å². The number of hydrogen-bond acceptors (Lipinski definition) is 13. The average molecular weight is 662 g/mol. The smallest absolute Gasteiger partial charge is 0.333 e. The number of allylic oxidation sites excluding steroid dienone is 3. The first kappa shape index (κ1) is 34.5. The van der Waals surface area contributed by atoms with Gasteiger partial charge >= 0.3 is 17.9 Å². The molecule has 0 saturated carbocycles. The molecule has 0 N–H and O–H groups in total. The summed E-state index contributed by atoms with van der Waals surface area (Å²) < 4.78 is 28.6. The molecule has 2 bridgehead atoms. The Kier molecular flexibility index (Phi) is 9.36. The molecule has 5 atom stereocenters. The highest BCUT2D eigenvalue weighted by atomic mass is 16.6. The first-order valence-corrected chi connectivity index (χ1v) is 15.6. The van der Waals surface area contributed by atoms with Crippen LogP contribution in [-0.2, 0) is 39.9 Å². The summed E-state index contributed by atoms with van der Waals surface area (Å²) in [6.07, 6.45) is 1.82. The van der Waals surface area contributed by atoms with Gasteiger partial charge in [0.2, 0.25) is 5.78 Å². The van der Waals surface area contributed by atoms with Crippen LogP contribution in [-0.4, -0.2) is 91.3 Å². The summed E-state index contributed by atoms with van der Waals surface area (Å²) >= 11 is 0. The number of piperazine rings is 1. The third-order valence-electron chi connectivity index (χ3n) is 9.83. The average Bonchev–Trinajstić information content (AvgIpc) is 3.03. The standard InChI is InChI=1S/C35H39N3O10/c1-10-15(2)35(43)46-14-25-26-21(31(47-18(5)39)17(4)33(45-9)34(26)48-19(6)40)12-23-28-27-20(29(41)16(3)32(44-8)30(27)42)11-22(37(28)7)24(13-36)38(23)25/h10,22-25,28H,11-12,14H2,1-9H3/t22-,23-,24-,25-,28-/m0/s1. The fourth-order valence-electron chi connectivity index (χ4n) is 7.69. The van der Waals surface area contributed by atoms with Gasteiger partial charge in [0.05, 0.1) is 32.4 Å². The fourth-order valence-corrected chi connectivity index (χ4v) is 7.69. The Labute approximate surface area is 278 Å². The van der Waals surface area contributed by atoms with Crippen LogP contribution < -0.4 is 14.2 Å². The second kappa shape index (κ2) is 13.0. The minimum Gasteiger partial charge on any atom is -0.492 e. The van der Waals surface area contributed by atoms with Crippen LogP contribution in [0.15, 0.2) is 34.1 Å². The van der Waals surface area contributed by atoms with Crippen molar-refractivity contribution in [1.82, 2.24) is 9.80 Å². The van der Waals surface area contributed by atoms with E-state index in [1.54, 1.807) is 33.8 Å². The molecular weight excluding hydrogens is 622 g/mol. The summed E-state index contributed by atoms with van der Waals surface area (Å²) in [5.74, 6) is -2.30. The minimum atomic E-state index is -0.940. The lowest BCUT2D eigenvalue weighted by Gasteiger charge is -2.60. The zero-order valence-corrected chi connectivity index (χ0v) is 28.5. The van der Waals surface area contributed by atoms with Gasteiger partial charge < -0.3 is 23.7 Å². The van der Waals surface area contributed by atoms with Crippen molar-refractivity contribution in [2.24, 2.45) is 0 Å². The number of fused-ring (bicyclic) bond motifs is 6. The number of Topliss-reactive ketones (excluding diaryl/α,β-unsaturated/α-hetero) is 2. The second-order valence-electron chi connectivity index (χ2n) is 12.4. The quantitative estimate of drug-likeness (QED) is 0.182. The van der Waals surface area contributed by atoms with E-state index in [0.717, 1.165) is 0 Å². The molecule has 254 valence electrons. The number of esters is 3. The maximum Gasteiger partial charge on any atom is 0.333 e. The number of hydrogen-bond donors (Lipinski definition) is 0. The molecule has 3 heterocycles. The lowest BCUT2D eigenvalue weighted by Crippen LogP contribution is -2.72. The molecule has 1 aromatic carbocycles. The lowest BCUT2D eigenvalue weighted by molar-refractivity contribution is -0.144. The Morgan fingerprint density at radius 3 is 2.15 bits per heavy atom. The third-order valence-corrected chi connectivity index (χ3v) is 9.83. The van der Waals surface area contributed by atoms with Gasteiger partial charge in [-0.05, 0) is 47.6 Å². The van der Waals surface area contributed by atoms with Gasteiger partial charge in [-0.2, -0.15) is 5.26 Å². The zero-order chi connectivity index (χ0) is 35.4. The van der Waals surface area contributed by atoms with Crippen molar-refractivity contribution in [2.45, 2.75) is 84.6 Å². The molecule has 1 aliphatic carbocycles. The summed E-state index contributed by atoms with van der Waals surface area (Å²) in [5, 5.41) is 10.8. The van der Waals surface area contributed by atoms with Crippen LogP contribution in [0.3, 0.4) is 0 Å². The van der Waals surface area contributed by atoms with Crippen molar-refractivity contribution in [3.05, 3.63) is 50.8 Å². The van der Waals surface area contributed by atoms with Gasteiger partial charge in [0.25, 0.3) is 0 Å². The summed E-state index contributed by atoms with van der Waals surface area (Å²) in [6, 6.07) is -1.34. The Hall–Kier alpha value is -4.80. The van der Waals surface area contributed by atoms with E-state index in [9.17, 15) is 29.2 Å². The van der Waals surface area contributed by atoms with E-state index in [0.29, 0.717) is 27.8 Å². The number of carbonyl (C=O) groups excluding carboxylic acids is 5. The van der Waals surface area contributed by atoms with Crippen LogP contribution in [0.2, 0.25) is 0 Å². The molecule has 1 fully saturated rings. The van der Waals surface area contributed by atoms with Crippen LogP contribution in [0.1, 0.15) is 63.8 Å². The van der Waals surface area contributed by atoms with Gasteiger partial charge in [-0.25, -0.2) is 4.79 Å². The van der Waals surface area contributed by atoms with E-state index >= 15 is 0 Å². The van der Waals surface area contributed by atoms with Crippen LogP contribution in [0.25, 0.3) is 0 Å². The van der Waals surface area contributed by atoms with Crippen LogP contribution >= 0.6 is 0 Å². The number of benzene rings is 1. The molecule has 0 unspecified atom stereocenters. The highest BCUT2D eigenvalue weighted by Gasteiger charge is 2.59. The van der Waals surface area contributed by atoms with Gasteiger partial charge in [0, 0.05) is 64.9 Å². The number of nitriles is 1. The number of likely N-dealkylation sites (N-methyl/N-ethyl adjacent to an activating group) is 1. The van der Waals surface area contributed by atoms with Crippen molar-refractivity contribution in [2.75, 3.05) is 27.9 Å². The molecule has 0 amide bonds. The van der Waals surface area contributed by atoms with Gasteiger partial charge in [0.1, 0.15) is 18.4 Å². The van der Waals surface area contributed by atoms with E-state index in [-0.39, 0.29) is 59.4 Å². The molecule has 48 heavy (non-hydrogen) atoms. The predicted molar refractivity (Wildman–Crippen MR) is 169 cm³/mol. The SMILES string of the molecule is CC=C(C)C(=O)OC[C@H]1c2c(c(OC(C)=O)c(C)c(OC)c2OC(C)=O)C[C@H]2[C@H]3C4=C(C[C@@H]([C@H](C#N)N12)N3C)C(=O)C(C)=C(OC)C4=O.